The van der Waals surface area contributed by atoms with Gasteiger partial charge >= 0.3 is 5.51 Å². The molecule has 0 aliphatic rings. The van der Waals surface area contributed by atoms with Crippen LogP contribution in [-0.2, 0) is 45.4 Å². The van der Waals surface area contributed by atoms with Gasteiger partial charge in [-0.15, -0.1) is 22.7 Å². The maximum absolute atomic E-state index is 12.7. The fraction of sp³-hybridized carbons (Fsp3) is 0.333. The molecule has 1 aromatic carbocycles. The predicted molar refractivity (Wildman–Crippen MR) is 123 cm³/mol. The summed E-state index contributed by atoms with van der Waals surface area (Å²) in [6.07, 6.45) is -0.132. The number of aliphatic hydroxyl groups is 1. The number of hydrogen-bond acceptors (Lipinski definition) is 9. The normalized spacial score (nSPS) is 12.1. The maximum Gasteiger partial charge on any atom is 0.501 e. The van der Waals surface area contributed by atoms with E-state index in [0.717, 1.165) is 12.1 Å². The molecule has 0 unspecified atom stereocenters. The summed E-state index contributed by atoms with van der Waals surface area (Å²) in [5.74, 6) is -0.405. The van der Waals surface area contributed by atoms with Crippen molar-refractivity contribution in [2.24, 2.45) is 0 Å². The van der Waals surface area contributed by atoms with Gasteiger partial charge in [-0.05, 0) is 17.7 Å². The third kappa shape index (κ3) is 6.31. The molecule has 14 heteroatoms. The first-order chi connectivity index (χ1) is 16.3. The van der Waals surface area contributed by atoms with E-state index in [0.29, 0.717) is 31.8 Å². The summed E-state index contributed by atoms with van der Waals surface area (Å²) in [5.41, 5.74) is -3.89. The first-order valence-corrected chi connectivity index (χ1v) is 13.2. The number of rotatable bonds is 9. The van der Waals surface area contributed by atoms with E-state index < -0.39 is 20.2 Å². The van der Waals surface area contributed by atoms with Crippen LogP contribution in [0.1, 0.15) is 28.2 Å². The molecule has 1 amide bonds. The molecular formula is C21H20F3N3O5S3. The molecule has 2 heterocycles. The number of aromatic nitrogens is 2. The van der Waals surface area contributed by atoms with Crippen LogP contribution in [0.3, 0.4) is 0 Å². The van der Waals surface area contributed by atoms with Gasteiger partial charge in [-0.1, -0.05) is 12.1 Å². The van der Waals surface area contributed by atoms with Crippen molar-refractivity contribution in [2.45, 2.75) is 43.3 Å². The number of halogens is 3. The highest BCUT2D eigenvalue weighted by Crippen LogP contribution is 2.33. The summed E-state index contributed by atoms with van der Waals surface area (Å²) in [6, 6.07) is 4.01. The molecule has 0 spiro atoms. The van der Waals surface area contributed by atoms with Gasteiger partial charge in [-0.2, -0.15) is 13.2 Å². The van der Waals surface area contributed by atoms with Gasteiger partial charge in [-0.25, -0.2) is 18.4 Å². The minimum Gasteiger partial charge on any atom is -0.389 e. The van der Waals surface area contributed by atoms with E-state index in [4.69, 9.17) is 0 Å². The van der Waals surface area contributed by atoms with Crippen molar-refractivity contribution in [3.05, 3.63) is 50.9 Å². The second-order valence-corrected chi connectivity index (χ2v) is 11.5. The molecule has 0 radical (unpaired) electrons. The Morgan fingerprint density at radius 1 is 1.09 bits per heavy atom. The van der Waals surface area contributed by atoms with Gasteiger partial charge in [0.1, 0.15) is 15.8 Å². The minimum atomic E-state index is -5.44. The predicted octanol–water partition coefficient (Wildman–Crippen LogP) is 3.39. The molecule has 188 valence electrons. The van der Waals surface area contributed by atoms with E-state index in [-0.39, 0.29) is 37.7 Å². The van der Waals surface area contributed by atoms with Crippen LogP contribution < -0.4 is 0 Å². The topological polar surface area (TPSA) is 118 Å². The summed E-state index contributed by atoms with van der Waals surface area (Å²) >= 11 is 2.48. The van der Waals surface area contributed by atoms with Crippen LogP contribution in [0.5, 0.6) is 0 Å². The Bertz CT molecular complexity index is 1330. The third-order valence-corrected chi connectivity index (χ3v) is 8.33. The van der Waals surface area contributed by atoms with Gasteiger partial charge in [0.15, 0.2) is 0 Å². The molecule has 0 saturated heterocycles. The van der Waals surface area contributed by atoms with Gasteiger partial charge in [0, 0.05) is 25.8 Å². The Morgan fingerprint density at radius 2 is 1.74 bits per heavy atom. The number of alkyl halides is 3. The molecule has 0 bridgehead atoms. The molecule has 35 heavy (non-hydrogen) atoms. The van der Waals surface area contributed by atoms with Crippen LogP contribution in [-0.4, -0.2) is 52.6 Å². The Balaban J connectivity index is 1.70. The molecule has 3 aromatic rings. The highest BCUT2D eigenvalue weighted by molar-refractivity contribution is 7.92. The summed E-state index contributed by atoms with van der Waals surface area (Å²) in [5, 5.41) is 12.2. The van der Waals surface area contributed by atoms with E-state index in [9.17, 15) is 36.3 Å². The summed E-state index contributed by atoms with van der Waals surface area (Å²) in [7, 11) is -3.82. The van der Waals surface area contributed by atoms with E-state index >= 15 is 0 Å². The first-order valence-electron chi connectivity index (χ1n) is 9.99. The van der Waals surface area contributed by atoms with Crippen molar-refractivity contribution in [1.29, 1.82) is 0 Å². The van der Waals surface area contributed by atoms with Gasteiger partial charge < -0.3 is 10.0 Å². The lowest BCUT2D eigenvalue weighted by Crippen LogP contribution is -2.23. The highest BCUT2D eigenvalue weighted by Gasteiger charge is 2.46. The van der Waals surface area contributed by atoms with Gasteiger partial charge in [0.25, 0.3) is 9.84 Å². The van der Waals surface area contributed by atoms with Crippen LogP contribution in [0.2, 0.25) is 0 Å². The van der Waals surface area contributed by atoms with Gasteiger partial charge in [0.2, 0.25) is 5.91 Å². The molecule has 0 fully saturated rings. The van der Waals surface area contributed by atoms with E-state index in [1.54, 1.807) is 12.4 Å². The van der Waals surface area contributed by atoms with E-state index in [2.05, 4.69) is 9.97 Å². The zero-order valence-corrected chi connectivity index (χ0v) is 20.9. The van der Waals surface area contributed by atoms with E-state index in [1.165, 1.54) is 46.6 Å². The number of nitrogens with zero attached hydrogens (tertiary/aromatic N) is 3. The Morgan fingerprint density at radius 3 is 2.31 bits per heavy atom. The third-order valence-electron chi connectivity index (χ3n) is 4.87. The summed E-state index contributed by atoms with van der Waals surface area (Å²) in [4.78, 5) is 34.2. The first kappa shape index (κ1) is 26.9. The largest absolute Gasteiger partial charge is 0.501 e. The fourth-order valence-corrected chi connectivity index (χ4v) is 5.53. The maximum atomic E-state index is 12.7. The molecule has 1 N–H and O–H groups in total. The number of hydrogen-bond donors (Lipinski definition) is 1. The van der Waals surface area contributed by atoms with Crippen LogP contribution >= 0.6 is 22.7 Å². The summed E-state index contributed by atoms with van der Waals surface area (Å²) in [6.45, 7) is 1.39. The lowest BCUT2D eigenvalue weighted by molar-refractivity contribution is -0.128. The zero-order chi connectivity index (χ0) is 26.0. The number of sulfone groups is 1. The highest BCUT2D eigenvalue weighted by atomic mass is 32.2. The number of aliphatic hydroxyl groups excluding tert-OH is 1. The molecule has 2 aromatic heterocycles. The summed E-state index contributed by atoms with van der Waals surface area (Å²) < 4.78 is 60.9. The Hall–Kier alpha value is -2.68. The number of amides is 1. The van der Waals surface area contributed by atoms with Crippen LogP contribution in [0.25, 0.3) is 10.6 Å². The molecule has 0 saturated carbocycles. The second-order valence-electron chi connectivity index (χ2n) is 7.53. The number of thiazole rings is 2. The van der Waals surface area contributed by atoms with Crippen molar-refractivity contribution in [2.75, 3.05) is 7.05 Å². The second kappa shape index (κ2) is 10.5. The molecule has 8 nitrogen and oxygen atoms in total. The van der Waals surface area contributed by atoms with E-state index in [1.807, 2.05) is 0 Å². The number of carbonyl (C=O) groups is 2. The Labute approximate surface area is 207 Å². The van der Waals surface area contributed by atoms with Gasteiger partial charge in [-0.3, -0.25) is 9.59 Å². The number of benzene rings is 1. The molecule has 0 aliphatic heterocycles. The minimum absolute atomic E-state index is 0.0262. The molecule has 3 rings (SSSR count). The average molecular weight is 548 g/mol. The van der Waals surface area contributed by atoms with Crippen molar-refractivity contribution in [1.82, 2.24) is 14.9 Å². The zero-order valence-electron chi connectivity index (χ0n) is 18.5. The van der Waals surface area contributed by atoms with Gasteiger partial charge in [0.05, 0.1) is 40.7 Å². The average Bonchev–Trinajstić information content (AvgIpc) is 3.39. The number of carbonyl (C=O) groups excluding carboxylic acids is 2. The quantitative estimate of drug-likeness (QED) is 0.436. The molecular weight excluding hydrogens is 527 g/mol. The van der Waals surface area contributed by atoms with Crippen molar-refractivity contribution in [3.63, 3.8) is 0 Å². The lowest BCUT2D eigenvalue weighted by Gasteiger charge is -2.13. The molecule has 0 aliphatic carbocycles. The SMILES string of the molecule is CC(=O)N(C)Cc1nc(CO)sc1-c1csc(CC(=O)Cc2ccc(S(=O)(=O)C(F)(F)F)cc2)n1. The lowest BCUT2D eigenvalue weighted by atomic mass is 10.1. The monoisotopic (exact) mass is 547 g/mol. The van der Waals surface area contributed by atoms with Crippen LogP contribution in [0.4, 0.5) is 13.2 Å². The van der Waals surface area contributed by atoms with Crippen molar-refractivity contribution >= 4 is 44.2 Å². The Kier molecular flexibility index (Phi) is 8.09. The number of ketones is 1. The standard InChI is InChI=1S/C21H20F3N3O5S3/c1-12(29)27(2)9-16-20(34-19(10-28)25-16)17-11-33-18(26-17)8-14(30)7-13-3-5-15(6-4-13)35(31,32)21(22,23)24/h3-6,11,28H,7-10H2,1-2H3. The van der Waals surface area contributed by atoms with Crippen molar-refractivity contribution < 1.29 is 36.3 Å². The van der Waals surface area contributed by atoms with Crippen LogP contribution in [0, 0.1) is 0 Å². The fourth-order valence-electron chi connectivity index (χ4n) is 2.99. The molecule has 0 atom stereocenters. The van der Waals surface area contributed by atoms with Crippen molar-refractivity contribution in [3.8, 4) is 10.6 Å². The number of Topliss-reactive ketones (excluding diaryl/α,β-unsaturated/α-hetero) is 1. The van der Waals surface area contributed by atoms with Crippen LogP contribution in [0.15, 0.2) is 34.5 Å². The smallest absolute Gasteiger partial charge is 0.389 e.